The van der Waals surface area contributed by atoms with Gasteiger partial charge in [-0.2, -0.15) is 8.61 Å². The molecule has 2 heterocycles. The van der Waals surface area contributed by atoms with Crippen LogP contribution in [0.2, 0.25) is 0 Å². The highest BCUT2D eigenvalue weighted by Gasteiger charge is 2.37. The van der Waals surface area contributed by atoms with E-state index in [9.17, 15) is 56.3 Å². The summed E-state index contributed by atoms with van der Waals surface area (Å²) in [5.41, 5.74) is 1.19. The third-order valence-electron chi connectivity index (χ3n) is 12.0. The third kappa shape index (κ3) is 20.1. The van der Waals surface area contributed by atoms with Crippen molar-refractivity contribution in [2.75, 3.05) is 52.7 Å². The molecule has 2 amide bonds. The van der Waals surface area contributed by atoms with Crippen molar-refractivity contribution in [2.24, 2.45) is 11.8 Å². The zero-order valence-corrected chi connectivity index (χ0v) is 47.1. The highest BCUT2D eigenvalue weighted by atomic mass is 32.2. The van der Waals surface area contributed by atoms with Crippen LogP contribution in [0.1, 0.15) is 64.5 Å². The predicted molar refractivity (Wildman–Crippen MR) is 289 cm³/mol. The largest absolute Gasteiger partial charge is 0.420 e. The zero-order chi connectivity index (χ0) is 57.2. The molecular formula is C52H71N6O17PS2. The lowest BCUT2D eigenvalue weighted by molar-refractivity contribution is -0.385. The summed E-state index contributed by atoms with van der Waals surface area (Å²) in [6, 6.07) is 25.9. The van der Waals surface area contributed by atoms with Gasteiger partial charge in [0, 0.05) is 76.6 Å². The Kier molecular flexibility index (Phi) is 23.7. The number of aliphatic hydroxyl groups excluding tert-OH is 1. The molecule has 0 radical (unpaired) electrons. The average Bonchev–Trinajstić information content (AvgIpc) is 4.11. The number of benzene rings is 4. The number of ether oxygens (including phenoxy) is 4. The first-order valence-electron chi connectivity index (χ1n) is 25.5. The first-order chi connectivity index (χ1) is 36.8. The van der Waals surface area contributed by atoms with Gasteiger partial charge in [-0.15, -0.1) is 0 Å². The molecule has 4 aromatic rings. The van der Waals surface area contributed by atoms with Gasteiger partial charge in [-0.25, -0.2) is 26.4 Å². The van der Waals surface area contributed by atoms with Crippen LogP contribution in [0.5, 0.6) is 0 Å². The van der Waals surface area contributed by atoms with Crippen molar-refractivity contribution in [2.45, 2.75) is 113 Å². The number of non-ortho nitro benzene ring substituents is 2. The number of carbonyl (C=O) groups is 2. The highest BCUT2D eigenvalue weighted by molar-refractivity contribution is 7.89. The summed E-state index contributed by atoms with van der Waals surface area (Å²) in [7, 11) is -11.5. The van der Waals surface area contributed by atoms with Crippen LogP contribution in [-0.2, 0) is 60.9 Å². The Morgan fingerprint density at radius 2 is 1.03 bits per heavy atom. The Bertz CT molecular complexity index is 2840. The monoisotopic (exact) mass is 1150 g/mol. The Morgan fingerprint density at radius 1 is 0.641 bits per heavy atom. The number of amides is 2. The van der Waals surface area contributed by atoms with Gasteiger partial charge in [-0.3, -0.25) is 24.8 Å². The molecule has 4 aromatic carbocycles. The number of hydrogen-bond acceptors (Lipinski definition) is 17. The lowest BCUT2D eigenvalue weighted by Gasteiger charge is -2.34. The standard InChI is InChI=1S/C27H38N3O9PS.C25H33N3O8S/c1-20(2)18-29(41(35,36)23-14-12-22(13-15-23)30(32)33)19-25(39-40(3,4)34)24(17-21-9-6-5-7-10-21)28-27(31)38-26-11-8-16-37-26;1-18(2)16-27(37(33,34)21-12-10-20(11-13-21)28(31)32)17-23(29)22(15-19-7-4-3-5-8-19)26-25(30)36-24-9-6-14-35-24/h5-7,9-10,12-15,20,24-26H,8,11,16-19H2,1-4H3,(H,28,31);3-5,7-8,10-13,18,22-24,29H,6,9,14-17H2,1-2H3,(H,26,30). The second kappa shape index (κ2) is 29.4. The molecule has 23 nitrogen and oxygen atoms in total. The summed E-state index contributed by atoms with van der Waals surface area (Å²) in [6.07, 6.45) is -2.05. The number of nitro groups is 2. The number of nitro benzene ring substituents is 2. The van der Waals surface area contributed by atoms with Crippen LogP contribution in [0.3, 0.4) is 0 Å². The van der Waals surface area contributed by atoms with Crippen molar-refractivity contribution in [1.82, 2.24) is 19.2 Å². The van der Waals surface area contributed by atoms with E-state index in [1.807, 2.05) is 88.4 Å². The predicted octanol–water partition coefficient (Wildman–Crippen LogP) is 7.71. The van der Waals surface area contributed by atoms with Crippen LogP contribution in [0.15, 0.2) is 119 Å². The first kappa shape index (κ1) is 62.9. The second-order valence-electron chi connectivity index (χ2n) is 20.0. The maximum atomic E-state index is 13.8. The number of sulfonamides is 2. The number of nitrogens with one attached hydrogen (secondary N) is 2. The molecule has 0 aliphatic carbocycles. The third-order valence-corrected chi connectivity index (χ3v) is 16.5. The van der Waals surface area contributed by atoms with Gasteiger partial charge in [-0.05, 0) is 72.9 Å². The summed E-state index contributed by atoms with van der Waals surface area (Å²) in [5, 5.41) is 38.7. The molecule has 0 aromatic heterocycles. The van der Waals surface area contributed by atoms with Gasteiger partial charge < -0.3 is 39.2 Å². The summed E-state index contributed by atoms with van der Waals surface area (Å²) in [6.45, 7) is 10.8. The molecule has 2 aliphatic heterocycles. The number of aliphatic hydroxyl groups is 1. The molecule has 78 heavy (non-hydrogen) atoms. The minimum absolute atomic E-state index is 0.0787. The van der Waals surface area contributed by atoms with Gasteiger partial charge in [0.2, 0.25) is 32.6 Å². The molecule has 0 saturated carbocycles. The van der Waals surface area contributed by atoms with Crippen LogP contribution in [0, 0.1) is 32.1 Å². The van der Waals surface area contributed by atoms with E-state index < -0.39 is 86.3 Å². The van der Waals surface area contributed by atoms with Crippen LogP contribution in [-0.4, -0.2) is 142 Å². The summed E-state index contributed by atoms with van der Waals surface area (Å²) < 4.78 is 97.2. The topological polar surface area (TPSA) is 303 Å². The zero-order valence-electron chi connectivity index (χ0n) is 44.5. The van der Waals surface area contributed by atoms with Gasteiger partial charge in [0.25, 0.3) is 11.4 Å². The van der Waals surface area contributed by atoms with Gasteiger partial charge >= 0.3 is 12.2 Å². The van der Waals surface area contributed by atoms with Crippen LogP contribution in [0.25, 0.3) is 0 Å². The highest BCUT2D eigenvalue weighted by Crippen LogP contribution is 2.40. The quantitative estimate of drug-likeness (QED) is 0.0308. The second-order valence-corrected chi connectivity index (χ2v) is 26.6. The molecule has 6 rings (SSSR count). The molecule has 0 bridgehead atoms. The molecule has 6 atom stereocenters. The van der Waals surface area contributed by atoms with Crippen molar-refractivity contribution >= 4 is 51.0 Å². The molecule has 2 saturated heterocycles. The number of hydrogen-bond donors (Lipinski definition) is 3. The number of rotatable bonds is 26. The Hall–Kier alpha value is -5.89. The van der Waals surface area contributed by atoms with Gasteiger partial charge in [0.05, 0.1) is 57.1 Å². The van der Waals surface area contributed by atoms with E-state index >= 15 is 0 Å². The Balaban J connectivity index is 0.000000289. The maximum absolute atomic E-state index is 13.8. The molecule has 3 N–H and O–H groups in total. The molecule has 26 heteroatoms. The molecule has 6 unspecified atom stereocenters. The first-order valence-corrected chi connectivity index (χ1v) is 30.9. The number of nitrogens with zero attached hydrogens (tertiary/aromatic N) is 4. The summed E-state index contributed by atoms with van der Waals surface area (Å²) in [4.78, 5) is 46.1. The van der Waals surface area contributed by atoms with E-state index in [1.54, 1.807) is 0 Å². The molecule has 0 spiro atoms. The molecule has 428 valence electrons. The van der Waals surface area contributed by atoms with E-state index in [2.05, 4.69) is 10.6 Å². The van der Waals surface area contributed by atoms with Crippen LogP contribution < -0.4 is 10.6 Å². The number of alkyl carbamates (subject to hydrolysis) is 2. The fourth-order valence-corrected chi connectivity index (χ4v) is 12.5. The Labute approximate surface area is 455 Å². The lowest BCUT2D eigenvalue weighted by atomic mass is 10.0. The van der Waals surface area contributed by atoms with Gasteiger partial charge in [0.15, 0.2) is 7.37 Å². The van der Waals surface area contributed by atoms with E-state index in [-0.39, 0.29) is 72.0 Å². The molecular weight excluding hydrogens is 1080 g/mol. The van der Waals surface area contributed by atoms with E-state index in [0.717, 1.165) is 52.5 Å². The minimum Gasteiger partial charge on any atom is -0.420 e. The van der Waals surface area contributed by atoms with Crippen molar-refractivity contribution in [3.8, 4) is 0 Å². The van der Waals surface area contributed by atoms with Crippen molar-refractivity contribution in [1.29, 1.82) is 0 Å². The van der Waals surface area contributed by atoms with Crippen molar-refractivity contribution in [3.05, 3.63) is 141 Å². The summed E-state index contributed by atoms with van der Waals surface area (Å²) >= 11 is 0. The van der Waals surface area contributed by atoms with Crippen molar-refractivity contribution < 1.29 is 69.4 Å². The van der Waals surface area contributed by atoms with E-state index in [1.165, 1.54) is 41.9 Å². The fraction of sp³-hybridized carbons (Fsp3) is 0.500. The minimum atomic E-state index is -4.17. The average molecular weight is 1150 g/mol. The van der Waals surface area contributed by atoms with Crippen LogP contribution in [0.4, 0.5) is 21.0 Å². The summed E-state index contributed by atoms with van der Waals surface area (Å²) in [5.74, 6) is -0.186. The molecule has 2 fully saturated rings. The molecule has 2 aliphatic rings. The fourth-order valence-electron chi connectivity index (χ4n) is 8.42. The number of carbonyl (C=O) groups excluding carboxylic acids is 2. The smallest absolute Gasteiger partial charge is 0.409 e. The Morgan fingerprint density at radius 3 is 1.38 bits per heavy atom. The SMILES string of the molecule is CC(C)CN(CC(O)C(Cc1ccccc1)NC(=O)OC1CCCO1)S(=O)(=O)c1ccc([N+](=O)[O-])cc1.CC(C)CN(CC(OP(C)(C)=O)C(Cc1ccccc1)NC(=O)OC1CCCO1)S(=O)(=O)c1ccc([N+](=O)[O-])cc1. The normalized spacial score (nSPS) is 17.4. The van der Waals surface area contributed by atoms with Gasteiger partial charge in [-0.1, -0.05) is 88.4 Å². The maximum Gasteiger partial charge on any atom is 0.409 e. The van der Waals surface area contributed by atoms with Gasteiger partial charge in [0.1, 0.15) is 0 Å². The van der Waals surface area contributed by atoms with E-state index in [0.29, 0.717) is 26.1 Å². The van der Waals surface area contributed by atoms with Crippen LogP contribution >= 0.6 is 7.37 Å². The van der Waals surface area contributed by atoms with Crippen molar-refractivity contribution in [3.63, 3.8) is 0 Å². The van der Waals surface area contributed by atoms with E-state index in [4.69, 9.17) is 23.5 Å². The lowest BCUT2D eigenvalue weighted by Crippen LogP contribution is -2.52.